The second-order valence-corrected chi connectivity index (χ2v) is 7.52. The van der Waals surface area contributed by atoms with Crippen molar-refractivity contribution in [2.45, 2.75) is 99.3 Å². The number of aliphatic hydroxyl groups is 1. The fourth-order valence-corrected chi connectivity index (χ4v) is 3.04. The second kappa shape index (κ2) is 10.3. The van der Waals surface area contributed by atoms with Gasteiger partial charge >= 0.3 is 0 Å². The van der Waals surface area contributed by atoms with Gasteiger partial charge in [-0.1, -0.05) is 47.5 Å². The van der Waals surface area contributed by atoms with E-state index >= 15 is 0 Å². The van der Waals surface area contributed by atoms with Gasteiger partial charge in [-0.3, -0.25) is 4.79 Å². The molecular formula is C19H39NO2. The number of hydrogen-bond donors (Lipinski definition) is 1. The second-order valence-electron chi connectivity index (χ2n) is 7.52. The van der Waals surface area contributed by atoms with Crippen molar-refractivity contribution in [2.75, 3.05) is 0 Å². The number of carbonyl (C=O) groups is 1. The van der Waals surface area contributed by atoms with Crippen LogP contribution in [-0.4, -0.2) is 34.1 Å². The first kappa shape index (κ1) is 21.4. The summed E-state index contributed by atoms with van der Waals surface area (Å²) in [6, 6.07) is 0.392. The first-order chi connectivity index (χ1) is 10.1. The molecule has 0 aromatic heterocycles. The molecule has 0 aromatic rings. The Kier molecular flexibility index (Phi) is 9.99. The first-order valence-corrected chi connectivity index (χ1v) is 9.14. The van der Waals surface area contributed by atoms with Crippen LogP contribution in [0.3, 0.4) is 0 Å². The fraction of sp³-hybridized carbons (Fsp3) is 0.947. The molecule has 0 fully saturated rings. The molecule has 132 valence electrons. The monoisotopic (exact) mass is 313 g/mol. The lowest BCUT2D eigenvalue weighted by atomic mass is 9.89. The lowest BCUT2D eigenvalue weighted by molar-refractivity contribution is -0.139. The molecule has 0 aliphatic rings. The molecule has 22 heavy (non-hydrogen) atoms. The zero-order valence-electron chi connectivity index (χ0n) is 16.1. The predicted octanol–water partition coefficient (Wildman–Crippen LogP) is 4.48. The van der Waals surface area contributed by atoms with Gasteiger partial charge in [0.1, 0.15) is 0 Å². The van der Waals surface area contributed by atoms with Crippen molar-refractivity contribution >= 4 is 5.91 Å². The number of hydrogen-bond acceptors (Lipinski definition) is 2. The molecule has 3 heteroatoms. The summed E-state index contributed by atoms with van der Waals surface area (Å²) in [5.41, 5.74) is 0. The Labute approximate surface area is 138 Å². The highest BCUT2D eigenvalue weighted by Crippen LogP contribution is 2.23. The maximum Gasteiger partial charge on any atom is 0.225 e. The molecule has 0 spiro atoms. The van der Waals surface area contributed by atoms with E-state index in [9.17, 15) is 9.90 Å². The molecule has 0 aliphatic carbocycles. The third kappa shape index (κ3) is 6.68. The third-order valence-corrected chi connectivity index (χ3v) is 5.26. The van der Waals surface area contributed by atoms with E-state index in [2.05, 4.69) is 55.4 Å². The van der Waals surface area contributed by atoms with Gasteiger partial charge in [-0.15, -0.1) is 0 Å². The minimum Gasteiger partial charge on any atom is -0.392 e. The highest BCUT2D eigenvalue weighted by Gasteiger charge is 2.29. The number of aliphatic hydroxyl groups excluding tert-OH is 1. The minimum absolute atomic E-state index is 0.0892. The molecule has 3 nitrogen and oxygen atoms in total. The molecule has 5 unspecified atom stereocenters. The Morgan fingerprint density at radius 1 is 0.955 bits per heavy atom. The molecule has 0 bridgehead atoms. The van der Waals surface area contributed by atoms with Crippen LogP contribution in [0.5, 0.6) is 0 Å². The molecule has 0 saturated carbocycles. The van der Waals surface area contributed by atoms with Crippen LogP contribution in [0.15, 0.2) is 0 Å². The minimum atomic E-state index is -0.535. The highest BCUT2D eigenvalue weighted by molar-refractivity contribution is 5.77. The molecule has 5 atom stereocenters. The van der Waals surface area contributed by atoms with Crippen LogP contribution in [0.4, 0.5) is 0 Å². The Hall–Kier alpha value is -0.570. The van der Waals surface area contributed by atoms with Crippen LogP contribution < -0.4 is 0 Å². The van der Waals surface area contributed by atoms with Crippen LogP contribution in [0.25, 0.3) is 0 Å². The standard InChI is InChI=1S/C19H39NO2/c1-9-14(5)11-16(7)18(21)12-19(22)20(13(3)4)17(8)15(6)10-2/h13-18,21H,9-12H2,1-8H3. The van der Waals surface area contributed by atoms with E-state index in [1.54, 1.807) is 0 Å². The summed E-state index contributed by atoms with van der Waals surface area (Å²) in [5, 5.41) is 10.4. The third-order valence-electron chi connectivity index (χ3n) is 5.26. The Balaban J connectivity index is 4.76. The van der Waals surface area contributed by atoms with Gasteiger partial charge in [-0.2, -0.15) is 0 Å². The van der Waals surface area contributed by atoms with Crippen LogP contribution in [0.1, 0.15) is 81.1 Å². The van der Waals surface area contributed by atoms with E-state index in [0.717, 1.165) is 19.3 Å². The van der Waals surface area contributed by atoms with E-state index in [1.807, 2.05) is 4.90 Å². The van der Waals surface area contributed by atoms with E-state index in [0.29, 0.717) is 11.8 Å². The summed E-state index contributed by atoms with van der Waals surface area (Å²) >= 11 is 0. The van der Waals surface area contributed by atoms with Gasteiger partial charge in [-0.05, 0) is 44.9 Å². The van der Waals surface area contributed by atoms with E-state index in [-0.39, 0.29) is 30.3 Å². The Morgan fingerprint density at radius 2 is 1.50 bits per heavy atom. The van der Waals surface area contributed by atoms with Crippen LogP contribution in [0.2, 0.25) is 0 Å². The zero-order chi connectivity index (χ0) is 17.4. The summed E-state index contributed by atoms with van der Waals surface area (Å²) in [6.45, 7) is 17.0. The lowest BCUT2D eigenvalue weighted by Crippen LogP contribution is -2.47. The molecule has 0 aromatic carbocycles. The zero-order valence-corrected chi connectivity index (χ0v) is 16.1. The summed E-state index contributed by atoms with van der Waals surface area (Å²) in [6.07, 6.45) is 2.87. The highest BCUT2D eigenvalue weighted by atomic mass is 16.3. The van der Waals surface area contributed by atoms with Crippen molar-refractivity contribution in [1.29, 1.82) is 0 Å². The quantitative estimate of drug-likeness (QED) is 0.646. The SMILES string of the molecule is CCC(C)CC(C)C(O)CC(=O)N(C(C)C)C(C)C(C)CC. The van der Waals surface area contributed by atoms with Crippen molar-refractivity contribution in [2.24, 2.45) is 17.8 Å². The van der Waals surface area contributed by atoms with Gasteiger partial charge in [-0.25, -0.2) is 0 Å². The molecule has 0 saturated heterocycles. The molecule has 1 amide bonds. The fourth-order valence-electron chi connectivity index (χ4n) is 3.04. The number of carbonyl (C=O) groups excluding carboxylic acids is 1. The van der Waals surface area contributed by atoms with Gasteiger partial charge < -0.3 is 10.0 Å². The van der Waals surface area contributed by atoms with Gasteiger partial charge in [0, 0.05) is 12.1 Å². The van der Waals surface area contributed by atoms with Crippen LogP contribution >= 0.6 is 0 Å². The van der Waals surface area contributed by atoms with Crippen molar-refractivity contribution in [1.82, 2.24) is 4.90 Å². The van der Waals surface area contributed by atoms with Crippen molar-refractivity contribution in [3.63, 3.8) is 0 Å². The molecular weight excluding hydrogens is 274 g/mol. The van der Waals surface area contributed by atoms with Gasteiger partial charge in [0.05, 0.1) is 12.5 Å². The summed E-state index contributed by atoms with van der Waals surface area (Å²) in [7, 11) is 0. The lowest BCUT2D eigenvalue weighted by Gasteiger charge is -2.37. The average molecular weight is 314 g/mol. The van der Waals surface area contributed by atoms with E-state index < -0.39 is 6.10 Å². The van der Waals surface area contributed by atoms with Crippen LogP contribution in [-0.2, 0) is 4.79 Å². The molecule has 0 radical (unpaired) electrons. The number of rotatable bonds is 10. The molecule has 0 heterocycles. The van der Waals surface area contributed by atoms with E-state index in [1.165, 1.54) is 0 Å². The smallest absolute Gasteiger partial charge is 0.225 e. The van der Waals surface area contributed by atoms with Crippen molar-refractivity contribution in [3.05, 3.63) is 0 Å². The van der Waals surface area contributed by atoms with Gasteiger partial charge in [0.15, 0.2) is 0 Å². The number of amides is 1. The average Bonchev–Trinajstić information content (AvgIpc) is 2.45. The summed E-state index contributed by atoms with van der Waals surface area (Å²) < 4.78 is 0. The predicted molar refractivity (Wildman–Crippen MR) is 94.8 cm³/mol. The molecule has 0 rings (SSSR count). The van der Waals surface area contributed by atoms with E-state index in [4.69, 9.17) is 0 Å². The maximum absolute atomic E-state index is 12.7. The molecule has 1 N–H and O–H groups in total. The van der Waals surface area contributed by atoms with Gasteiger partial charge in [0.25, 0.3) is 0 Å². The summed E-state index contributed by atoms with van der Waals surface area (Å²) in [5.74, 6) is 1.33. The topological polar surface area (TPSA) is 40.5 Å². The summed E-state index contributed by atoms with van der Waals surface area (Å²) in [4.78, 5) is 14.6. The first-order valence-electron chi connectivity index (χ1n) is 9.14. The van der Waals surface area contributed by atoms with Crippen molar-refractivity contribution in [3.8, 4) is 0 Å². The van der Waals surface area contributed by atoms with Crippen LogP contribution in [0, 0.1) is 17.8 Å². The normalized spacial score (nSPS) is 18.6. The van der Waals surface area contributed by atoms with Crippen molar-refractivity contribution < 1.29 is 9.90 Å². The molecule has 0 aliphatic heterocycles. The van der Waals surface area contributed by atoms with Gasteiger partial charge in [0.2, 0.25) is 5.91 Å². The Morgan fingerprint density at radius 3 is 1.91 bits per heavy atom. The number of nitrogens with zero attached hydrogens (tertiary/aromatic N) is 1. The largest absolute Gasteiger partial charge is 0.392 e. The maximum atomic E-state index is 12.7. The Bertz CT molecular complexity index is 317.